The lowest BCUT2D eigenvalue weighted by Crippen LogP contribution is -2.01. The van der Waals surface area contributed by atoms with Crippen molar-refractivity contribution in [2.24, 2.45) is 0 Å². The third kappa shape index (κ3) is 3.94. The average Bonchev–Trinajstić information content (AvgIpc) is 2.27. The number of carbonyl (C=O) groups excluding carboxylic acids is 1. The van der Waals surface area contributed by atoms with E-state index in [0.717, 1.165) is 11.1 Å². The van der Waals surface area contributed by atoms with Crippen molar-refractivity contribution in [1.29, 1.82) is 0 Å². The summed E-state index contributed by atoms with van der Waals surface area (Å²) >= 11 is 0. The molecule has 0 aromatic heterocycles. The van der Waals surface area contributed by atoms with Gasteiger partial charge >= 0.3 is 0 Å². The molecule has 17 heavy (non-hydrogen) atoms. The van der Waals surface area contributed by atoms with Crippen LogP contribution >= 0.6 is 0 Å². The first-order chi connectivity index (χ1) is 8.04. The van der Waals surface area contributed by atoms with Crippen molar-refractivity contribution in [2.45, 2.75) is 26.7 Å². The van der Waals surface area contributed by atoms with E-state index < -0.39 is 0 Å². The number of ketones is 1. The van der Waals surface area contributed by atoms with Crippen LogP contribution in [0.4, 0.5) is 5.69 Å². The molecule has 0 saturated carbocycles. The summed E-state index contributed by atoms with van der Waals surface area (Å²) in [5, 5.41) is 0. The number of hydrogen-bond acceptors (Lipinski definition) is 3. The van der Waals surface area contributed by atoms with E-state index in [-0.39, 0.29) is 5.78 Å². The minimum atomic E-state index is 0.132. The summed E-state index contributed by atoms with van der Waals surface area (Å²) in [5.74, 6) is 0.796. The topological polar surface area (TPSA) is 52.3 Å². The summed E-state index contributed by atoms with van der Waals surface area (Å²) in [6.07, 6.45) is 2.78. The van der Waals surface area contributed by atoms with E-state index in [1.54, 1.807) is 13.2 Å². The van der Waals surface area contributed by atoms with Gasteiger partial charge in [0.1, 0.15) is 5.75 Å². The monoisotopic (exact) mass is 233 g/mol. The van der Waals surface area contributed by atoms with Crippen molar-refractivity contribution in [3.05, 3.63) is 35.4 Å². The van der Waals surface area contributed by atoms with E-state index in [0.29, 0.717) is 24.3 Å². The normalized spacial score (nSPS) is 9.82. The van der Waals surface area contributed by atoms with Gasteiger partial charge in [0.15, 0.2) is 5.78 Å². The number of allylic oxidation sites excluding steroid dienone is 2. The van der Waals surface area contributed by atoms with Crippen LogP contribution in [0.1, 0.15) is 25.8 Å². The molecule has 92 valence electrons. The third-order valence-corrected chi connectivity index (χ3v) is 2.47. The molecule has 0 radical (unpaired) electrons. The van der Waals surface area contributed by atoms with Gasteiger partial charge in [-0.3, -0.25) is 4.79 Å². The molecule has 0 unspecified atom stereocenters. The Balaban J connectivity index is 2.70. The van der Waals surface area contributed by atoms with Crippen molar-refractivity contribution in [2.75, 3.05) is 12.8 Å². The van der Waals surface area contributed by atoms with Crippen molar-refractivity contribution in [3.63, 3.8) is 0 Å². The number of nitrogens with two attached hydrogens (primary N) is 1. The van der Waals surface area contributed by atoms with Gasteiger partial charge < -0.3 is 10.5 Å². The highest BCUT2D eigenvalue weighted by atomic mass is 16.5. The van der Waals surface area contributed by atoms with E-state index in [2.05, 4.69) is 0 Å². The van der Waals surface area contributed by atoms with Crippen LogP contribution in [0.5, 0.6) is 5.75 Å². The van der Waals surface area contributed by atoms with E-state index in [4.69, 9.17) is 10.5 Å². The predicted molar refractivity (Wildman–Crippen MR) is 70.2 cm³/mol. The van der Waals surface area contributed by atoms with Crippen LogP contribution in [-0.4, -0.2) is 12.9 Å². The molecule has 0 bridgehead atoms. The van der Waals surface area contributed by atoms with Crippen LogP contribution < -0.4 is 10.5 Å². The zero-order valence-corrected chi connectivity index (χ0v) is 10.6. The van der Waals surface area contributed by atoms with Gasteiger partial charge in [-0.25, -0.2) is 0 Å². The second kappa shape index (κ2) is 6.09. The standard InChI is InChI=1S/C14H19NO2/c1-10(2)9-12(16)8-7-11-5-4-6-13(17-3)14(11)15/h4-6,9H,7-8,15H2,1-3H3. The number of ether oxygens (including phenoxy) is 1. The number of benzene rings is 1. The zero-order chi connectivity index (χ0) is 12.8. The first-order valence-electron chi connectivity index (χ1n) is 5.63. The number of nitrogen functional groups attached to an aromatic ring is 1. The molecule has 0 saturated heterocycles. The van der Waals surface area contributed by atoms with E-state index in [9.17, 15) is 4.79 Å². The second-order valence-electron chi connectivity index (χ2n) is 4.22. The van der Waals surface area contributed by atoms with Gasteiger partial charge in [-0.15, -0.1) is 0 Å². The minimum absolute atomic E-state index is 0.132. The Morgan fingerprint density at radius 1 is 1.41 bits per heavy atom. The molecular formula is C14H19NO2. The van der Waals surface area contributed by atoms with Crippen LogP contribution in [0.3, 0.4) is 0 Å². The maximum atomic E-state index is 11.5. The van der Waals surface area contributed by atoms with Crippen LogP contribution in [0, 0.1) is 0 Å². The number of anilines is 1. The summed E-state index contributed by atoms with van der Waals surface area (Å²) in [7, 11) is 1.59. The van der Waals surface area contributed by atoms with Gasteiger partial charge in [-0.1, -0.05) is 17.7 Å². The van der Waals surface area contributed by atoms with Gasteiger partial charge in [0, 0.05) is 6.42 Å². The van der Waals surface area contributed by atoms with Crippen LogP contribution in [0.25, 0.3) is 0 Å². The Bertz CT molecular complexity index is 432. The Morgan fingerprint density at radius 3 is 2.71 bits per heavy atom. The summed E-state index contributed by atoms with van der Waals surface area (Å²) in [6, 6.07) is 5.63. The Labute approximate surface area is 102 Å². The first kappa shape index (κ1) is 13.3. The molecule has 0 spiro atoms. The Hall–Kier alpha value is -1.77. The minimum Gasteiger partial charge on any atom is -0.495 e. The van der Waals surface area contributed by atoms with E-state index in [1.807, 2.05) is 32.0 Å². The zero-order valence-electron chi connectivity index (χ0n) is 10.6. The first-order valence-corrected chi connectivity index (χ1v) is 5.63. The molecule has 0 atom stereocenters. The fourth-order valence-corrected chi connectivity index (χ4v) is 1.64. The van der Waals surface area contributed by atoms with E-state index >= 15 is 0 Å². The lowest BCUT2D eigenvalue weighted by Gasteiger charge is -2.09. The molecule has 0 amide bonds. The Kier molecular flexibility index (Phi) is 4.76. The van der Waals surface area contributed by atoms with Crippen molar-refractivity contribution in [1.82, 2.24) is 0 Å². The molecule has 1 aromatic rings. The lowest BCUT2D eigenvalue weighted by molar-refractivity contribution is -0.114. The van der Waals surface area contributed by atoms with Gasteiger partial charge in [0.25, 0.3) is 0 Å². The molecule has 3 nitrogen and oxygen atoms in total. The van der Waals surface area contributed by atoms with Gasteiger partial charge in [-0.2, -0.15) is 0 Å². The number of methoxy groups -OCH3 is 1. The largest absolute Gasteiger partial charge is 0.495 e. The van der Waals surface area contributed by atoms with Gasteiger partial charge in [-0.05, 0) is 38.0 Å². The summed E-state index contributed by atoms with van der Waals surface area (Å²) in [6.45, 7) is 3.83. The summed E-state index contributed by atoms with van der Waals surface area (Å²) in [4.78, 5) is 11.5. The number of carbonyl (C=O) groups is 1. The highest BCUT2D eigenvalue weighted by molar-refractivity contribution is 5.90. The lowest BCUT2D eigenvalue weighted by atomic mass is 10.0. The molecule has 1 rings (SSSR count). The van der Waals surface area contributed by atoms with Crippen LogP contribution in [-0.2, 0) is 11.2 Å². The smallest absolute Gasteiger partial charge is 0.155 e. The van der Waals surface area contributed by atoms with Crippen molar-refractivity contribution < 1.29 is 9.53 Å². The molecule has 1 aromatic carbocycles. The van der Waals surface area contributed by atoms with Gasteiger partial charge in [0.2, 0.25) is 0 Å². The SMILES string of the molecule is COc1cccc(CCC(=O)C=C(C)C)c1N. The fraction of sp³-hybridized carbons (Fsp3) is 0.357. The highest BCUT2D eigenvalue weighted by Crippen LogP contribution is 2.25. The average molecular weight is 233 g/mol. The molecule has 0 aliphatic carbocycles. The maximum absolute atomic E-state index is 11.5. The maximum Gasteiger partial charge on any atom is 0.155 e. The number of rotatable bonds is 5. The molecule has 3 heteroatoms. The molecule has 0 fully saturated rings. The summed E-state index contributed by atoms with van der Waals surface area (Å²) in [5.41, 5.74) is 8.53. The summed E-state index contributed by atoms with van der Waals surface area (Å²) < 4.78 is 5.14. The molecule has 0 aliphatic heterocycles. The quantitative estimate of drug-likeness (QED) is 0.628. The number of aryl methyl sites for hydroxylation is 1. The number of hydrogen-bond donors (Lipinski definition) is 1. The Morgan fingerprint density at radius 2 is 2.12 bits per heavy atom. The second-order valence-corrected chi connectivity index (χ2v) is 4.22. The van der Waals surface area contributed by atoms with E-state index in [1.165, 1.54) is 0 Å². The van der Waals surface area contributed by atoms with Crippen LogP contribution in [0.2, 0.25) is 0 Å². The fourth-order valence-electron chi connectivity index (χ4n) is 1.64. The highest BCUT2D eigenvalue weighted by Gasteiger charge is 2.06. The molecular weight excluding hydrogens is 214 g/mol. The van der Waals surface area contributed by atoms with Gasteiger partial charge in [0.05, 0.1) is 12.8 Å². The van der Waals surface area contributed by atoms with Crippen LogP contribution in [0.15, 0.2) is 29.8 Å². The molecule has 2 N–H and O–H groups in total. The number of para-hydroxylation sites is 1. The molecule has 0 heterocycles. The third-order valence-electron chi connectivity index (χ3n) is 2.47. The van der Waals surface area contributed by atoms with Crippen molar-refractivity contribution in [3.8, 4) is 5.75 Å². The predicted octanol–water partition coefficient (Wildman–Crippen LogP) is 2.75. The van der Waals surface area contributed by atoms with Crippen molar-refractivity contribution >= 4 is 11.5 Å². The molecule has 0 aliphatic rings.